The second-order valence-electron chi connectivity index (χ2n) is 12.6. The largest absolute Gasteiger partial charge is 0.455 e. The van der Waals surface area contributed by atoms with Crippen LogP contribution in [0.2, 0.25) is 0 Å². The van der Waals surface area contributed by atoms with Crippen molar-refractivity contribution >= 4 is 81.3 Å². The van der Waals surface area contributed by atoms with Crippen LogP contribution in [0.5, 0.6) is 0 Å². The van der Waals surface area contributed by atoms with Gasteiger partial charge in [-0.25, -0.2) is 0 Å². The minimum atomic E-state index is 0.926. The highest BCUT2D eigenvalue weighted by Crippen LogP contribution is 2.42. The highest BCUT2D eigenvalue weighted by Gasteiger charge is 2.16. The summed E-state index contributed by atoms with van der Waals surface area (Å²) in [6.07, 6.45) is 0. The molecule has 10 aromatic rings. The number of furan rings is 1. The Morgan fingerprint density at radius 2 is 0.959 bits per heavy atom. The second-order valence-corrected chi connectivity index (χ2v) is 13.6. The fourth-order valence-corrected chi connectivity index (χ4v) is 8.31. The van der Waals surface area contributed by atoms with E-state index in [4.69, 9.17) is 4.42 Å². The third-order valence-electron chi connectivity index (χ3n) is 9.67. The van der Waals surface area contributed by atoms with Gasteiger partial charge in [0, 0.05) is 53.4 Å². The van der Waals surface area contributed by atoms with Crippen molar-refractivity contribution in [3.05, 3.63) is 176 Å². The third-order valence-corrected chi connectivity index (χ3v) is 10.8. The van der Waals surface area contributed by atoms with E-state index in [-0.39, 0.29) is 0 Å². The van der Waals surface area contributed by atoms with Crippen molar-refractivity contribution in [1.82, 2.24) is 0 Å². The van der Waals surface area contributed by atoms with Crippen LogP contribution >= 0.6 is 11.3 Å². The van der Waals surface area contributed by atoms with Crippen molar-refractivity contribution in [2.45, 2.75) is 0 Å². The number of nitrogens with zero attached hydrogens (tertiary/aromatic N) is 1. The fraction of sp³-hybridized carbons (Fsp3) is 0. The lowest BCUT2D eigenvalue weighted by atomic mass is 9.99. The molecule has 0 spiro atoms. The predicted molar refractivity (Wildman–Crippen MR) is 210 cm³/mol. The maximum absolute atomic E-state index is 6.31. The molecule has 0 aliphatic carbocycles. The molecule has 0 atom stereocenters. The van der Waals surface area contributed by atoms with Crippen LogP contribution in [0, 0.1) is 0 Å². The van der Waals surface area contributed by atoms with Gasteiger partial charge in [-0.15, -0.1) is 11.3 Å². The summed E-state index contributed by atoms with van der Waals surface area (Å²) in [5.74, 6) is 0. The highest BCUT2D eigenvalue weighted by molar-refractivity contribution is 7.25. The van der Waals surface area contributed by atoms with Gasteiger partial charge in [-0.2, -0.15) is 0 Å². The van der Waals surface area contributed by atoms with Gasteiger partial charge in [0.1, 0.15) is 11.2 Å². The average Bonchev–Trinajstić information content (AvgIpc) is 3.74. The van der Waals surface area contributed by atoms with E-state index in [1.807, 2.05) is 23.5 Å². The molecule has 3 heteroatoms. The zero-order valence-corrected chi connectivity index (χ0v) is 27.3. The maximum atomic E-state index is 6.31. The summed E-state index contributed by atoms with van der Waals surface area (Å²) in [4.78, 5) is 2.36. The average molecular weight is 644 g/mol. The van der Waals surface area contributed by atoms with Gasteiger partial charge in [-0.3, -0.25) is 0 Å². The Hall–Kier alpha value is -6.16. The number of hydrogen-bond acceptors (Lipinski definition) is 3. The Morgan fingerprint density at radius 3 is 1.76 bits per heavy atom. The molecule has 0 amide bonds. The number of anilines is 3. The van der Waals surface area contributed by atoms with Gasteiger partial charge in [0.05, 0.1) is 0 Å². The van der Waals surface area contributed by atoms with Gasteiger partial charge in [0.15, 0.2) is 0 Å². The molecule has 0 bridgehead atoms. The van der Waals surface area contributed by atoms with E-state index in [0.29, 0.717) is 0 Å². The normalized spacial score (nSPS) is 11.7. The van der Waals surface area contributed by atoms with Crippen LogP contribution < -0.4 is 4.90 Å². The lowest BCUT2D eigenvalue weighted by Gasteiger charge is -2.26. The standard InChI is InChI=1S/C46H29NOS/c1-2-8-30(9-3-1)31-14-20-35(21-15-31)47(37-24-27-45-42(29-37)40-11-5-7-13-44(40)49-45)36-22-16-32(17-23-36)33-18-25-38-34(28-33)19-26-41-39-10-4-6-12-43(39)48-46(38)41/h1-29H. The molecule has 0 saturated carbocycles. The fourth-order valence-electron chi connectivity index (χ4n) is 7.23. The van der Waals surface area contributed by atoms with E-state index in [1.54, 1.807) is 0 Å². The van der Waals surface area contributed by atoms with E-state index in [1.165, 1.54) is 47.8 Å². The molecule has 10 rings (SSSR count). The van der Waals surface area contributed by atoms with E-state index >= 15 is 0 Å². The molecule has 0 radical (unpaired) electrons. The molecule has 230 valence electrons. The number of benzene rings is 8. The summed E-state index contributed by atoms with van der Waals surface area (Å²) in [7, 11) is 0. The molecule has 49 heavy (non-hydrogen) atoms. The van der Waals surface area contributed by atoms with E-state index < -0.39 is 0 Å². The Labute approximate surface area is 287 Å². The maximum Gasteiger partial charge on any atom is 0.143 e. The smallest absolute Gasteiger partial charge is 0.143 e. The van der Waals surface area contributed by atoms with Gasteiger partial charge in [0.2, 0.25) is 0 Å². The van der Waals surface area contributed by atoms with E-state index in [0.717, 1.165) is 44.4 Å². The van der Waals surface area contributed by atoms with Crippen molar-refractivity contribution in [3.63, 3.8) is 0 Å². The summed E-state index contributed by atoms with van der Waals surface area (Å²) in [6, 6.07) is 63.3. The van der Waals surface area contributed by atoms with Crippen molar-refractivity contribution in [1.29, 1.82) is 0 Å². The lowest BCUT2D eigenvalue weighted by molar-refractivity contribution is 0.672. The van der Waals surface area contributed by atoms with Crippen LogP contribution in [0.4, 0.5) is 17.1 Å². The summed E-state index contributed by atoms with van der Waals surface area (Å²) in [6.45, 7) is 0. The third kappa shape index (κ3) is 4.70. The van der Waals surface area contributed by atoms with Crippen molar-refractivity contribution in [2.24, 2.45) is 0 Å². The molecule has 2 aromatic heterocycles. The van der Waals surface area contributed by atoms with Gasteiger partial charge >= 0.3 is 0 Å². The van der Waals surface area contributed by atoms with Gasteiger partial charge in [-0.05, 0) is 100 Å². The van der Waals surface area contributed by atoms with Gasteiger partial charge < -0.3 is 9.32 Å². The first-order chi connectivity index (χ1) is 24.3. The predicted octanol–water partition coefficient (Wildman–Crippen LogP) is 13.9. The van der Waals surface area contributed by atoms with Crippen LogP contribution in [-0.4, -0.2) is 0 Å². The molecule has 8 aromatic carbocycles. The van der Waals surface area contributed by atoms with Crippen LogP contribution in [0.25, 0.3) is 75.1 Å². The first-order valence-electron chi connectivity index (χ1n) is 16.6. The zero-order chi connectivity index (χ0) is 32.3. The summed E-state index contributed by atoms with van der Waals surface area (Å²) in [5.41, 5.74) is 10.0. The molecule has 2 nitrogen and oxygen atoms in total. The highest BCUT2D eigenvalue weighted by atomic mass is 32.1. The molecule has 2 heterocycles. The Morgan fingerprint density at radius 1 is 0.367 bits per heavy atom. The van der Waals surface area contributed by atoms with Crippen molar-refractivity contribution < 1.29 is 4.42 Å². The van der Waals surface area contributed by atoms with Crippen molar-refractivity contribution in [3.8, 4) is 22.3 Å². The van der Waals surface area contributed by atoms with Crippen LogP contribution in [0.3, 0.4) is 0 Å². The number of fused-ring (bicyclic) bond motifs is 8. The van der Waals surface area contributed by atoms with E-state index in [9.17, 15) is 0 Å². The van der Waals surface area contributed by atoms with Crippen LogP contribution in [0.15, 0.2) is 180 Å². The molecule has 0 aliphatic rings. The molecule has 0 N–H and O–H groups in total. The minimum Gasteiger partial charge on any atom is -0.455 e. The monoisotopic (exact) mass is 643 g/mol. The molecular weight excluding hydrogens is 615 g/mol. The quantitative estimate of drug-likeness (QED) is 0.186. The molecular formula is C46H29NOS. The molecule has 0 unspecified atom stereocenters. The van der Waals surface area contributed by atoms with Crippen molar-refractivity contribution in [2.75, 3.05) is 4.90 Å². The van der Waals surface area contributed by atoms with Gasteiger partial charge in [0.25, 0.3) is 0 Å². The minimum absolute atomic E-state index is 0.926. The number of rotatable bonds is 5. The summed E-state index contributed by atoms with van der Waals surface area (Å²) >= 11 is 1.85. The van der Waals surface area contributed by atoms with Crippen LogP contribution in [0.1, 0.15) is 0 Å². The molecule has 0 aliphatic heterocycles. The summed E-state index contributed by atoms with van der Waals surface area (Å²) in [5, 5.41) is 7.21. The van der Waals surface area contributed by atoms with E-state index in [2.05, 4.69) is 169 Å². The molecule has 0 fully saturated rings. The lowest BCUT2D eigenvalue weighted by Crippen LogP contribution is -2.09. The number of hydrogen-bond donors (Lipinski definition) is 0. The van der Waals surface area contributed by atoms with Crippen LogP contribution in [-0.2, 0) is 0 Å². The Kier molecular flexibility index (Phi) is 6.39. The first-order valence-corrected chi connectivity index (χ1v) is 17.4. The first kappa shape index (κ1) is 27.9. The number of thiophene rings is 1. The SMILES string of the molecule is c1ccc(-c2ccc(N(c3ccc(-c4ccc5c(ccc6c7ccccc7oc56)c4)cc3)c3ccc4sc5ccccc5c4c3)cc2)cc1. The Bertz CT molecular complexity index is 2810. The molecule has 0 saturated heterocycles. The number of para-hydroxylation sites is 1. The second kappa shape index (κ2) is 11.2. The topological polar surface area (TPSA) is 16.4 Å². The summed E-state index contributed by atoms with van der Waals surface area (Å²) < 4.78 is 8.93. The zero-order valence-electron chi connectivity index (χ0n) is 26.5. The Balaban J connectivity index is 1.06. The van der Waals surface area contributed by atoms with Gasteiger partial charge in [-0.1, -0.05) is 103 Å².